The summed E-state index contributed by atoms with van der Waals surface area (Å²) in [7, 11) is 5.55. The lowest BCUT2D eigenvalue weighted by Crippen LogP contribution is -2.39. The van der Waals surface area contributed by atoms with E-state index in [1.54, 1.807) is 7.05 Å². The molecule has 0 saturated heterocycles. The highest BCUT2D eigenvalue weighted by Gasteiger charge is 2.15. The molecule has 0 unspecified atom stereocenters. The van der Waals surface area contributed by atoms with Gasteiger partial charge in [0.15, 0.2) is 5.96 Å². The lowest BCUT2D eigenvalue weighted by atomic mass is 10.1. The zero-order valence-electron chi connectivity index (χ0n) is 16.1. The summed E-state index contributed by atoms with van der Waals surface area (Å²) in [6.45, 7) is 5.36. The van der Waals surface area contributed by atoms with E-state index in [0.29, 0.717) is 37.0 Å². The van der Waals surface area contributed by atoms with Crippen molar-refractivity contribution in [1.82, 2.24) is 20.0 Å². The van der Waals surface area contributed by atoms with Gasteiger partial charge in [0.05, 0.1) is 5.69 Å². The van der Waals surface area contributed by atoms with Gasteiger partial charge in [-0.25, -0.2) is 8.78 Å². The third-order valence-electron chi connectivity index (χ3n) is 4.15. The normalized spacial score (nSPS) is 11.9. The summed E-state index contributed by atoms with van der Waals surface area (Å²) in [5, 5.41) is 7.72. The van der Waals surface area contributed by atoms with Gasteiger partial charge in [-0.2, -0.15) is 5.10 Å². The third kappa shape index (κ3) is 5.03. The van der Waals surface area contributed by atoms with E-state index in [-0.39, 0.29) is 0 Å². The van der Waals surface area contributed by atoms with Gasteiger partial charge in [0, 0.05) is 46.0 Å². The molecule has 0 fully saturated rings. The van der Waals surface area contributed by atoms with Crippen LogP contribution in [0.25, 0.3) is 0 Å². The Hall–Kier alpha value is -2.44. The SMILES string of the molecule is CN=C(NCCc1cc(F)ccc1F)N(C)Cc1cn(C)nc1C(C)C. The highest BCUT2D eigenvalue weighted by Crippen LogP contribution is 2.18. The third-order valence-corrected chi connectivity index (χ3v) is 4.15. The number of halogens is 2. The molecule has 1 heterocycles. The maximum absolute atomic E-state index is 13.7. The van der Waals surface area contributed by atoms with Crippen LogP contribution in [0.2, 0.25) is 0 Å². The summed E-state index contributed by atoms with van der Waals surface area (Å²) in [4.78, 5) is 6.26. The van der Waals surface area contributed by atoms with Crippen LogP contribution in [0, 0.1) is 11.6 Å². The second-order valence-electron chi connectivity index (χ2n) is 6.68. The van der Waals surface area contributed by atoms with Gasteiger partial charge < -0.3 is 10.2 Å². The topological polar surface area (TPSA) is 45.5 Å². The number of rotatable bonds is 6. The molecule has 1 aromatic heterocycles. The van der Waals surface area contributed by atoms with Crippen LogP contribution < -0.4 is 5.32 Å². The fourth-order valence-electron chi connectivity index (χ4n) is 2.92. The number of aromatic nitrogens is 2. The van der Waals surface area contributed by atoms with E-state index in [4.69, 9.17) is 0 Å². The van der Waals surface area contributed by atoms with Crippen LogP contribution in [-0.2, 0) is 20.0 Å². The quantitative estimate of drug-likeness (QED) is 0.634. The molecule has 2 rings (SSSR count). The molecule has 0 aliphatic carbocycles. The first-order valence-corrected chi connectivity index (χ1v) is 8.70. The Morgan fingerprint density at radius 3 is 2.69 bits per heavy atom. The number of guanidine groups is 1. The van der Waals surface area contributed by atoms with Crippen molar-refractivity contribution in [2.45, 2.75) is 32.7 Å². The number of benzene rings is 1. The molecule has 26 heavy (non-hydrogen) atoms. The maximum atomic E-state index is 13.7. The first kappa shape index (κ1) is 19.9. The first-order valence-electron chi connectivity index (χ1n) is 8.70. The van der Waals surface area contributed by atoms with Gasteiger partial charge in [-0.3, -0.25) is 9.67 Å². The van der Waals surface area contributed by atoms with E-state index in [0.717, 1.165) is 23.4 Å². The summed E-state index contributed by atoms with van der Waals surface area (Å²) in [5.41, 5.74) is 2.56. The van der Waals surface area contributed by atoms with E-state index in [1.165, 1.54) is 6.07 Å². The van der Waals surface area contributed by atoms with Gasteiger partial charge in [0.25, 0.3) is 0 Å². The van der Waals surface area contributed by atoms with Crippen molar-refractivity contribution in [3.63, 3.8) is 0 Å². The molecule has 0 atom stereocenters. The predicted octanol–water partition coefficient (Wildman–Crippen LogP) is 3.07. The van der Waals surface area contributed by atoms with Gasteiger partial charge in [-0.15, -0.1) is 0 Å². The molecule has 2 aromatic rings. The van der Waals surface area contributed by atoms with Crippen molar-refractivity contribution < 1.29 is 8.78 Å². The summed E-state index contributed by atoms with van der Waals surface area (Å²) in [6.07, 6.45) is 2.39. The average Bonchev–Trinajstić information content (AvgIpc) is 2.95. The Kier molecular flexibility index (Phi) is 6.71. The van der Waals surface area contributed by atoms with Crippen LogP contribution in [0.3, 0.4) is 0 Å². The zero-order valence-corrected chi connectivity index (χ0v) is 16.1. The van der Waals surface area contributed by atoms with Crippen LogP contribution in [0.1, 0.15) is 36.6 Å². The Balaban J connectivity index is 1.97. The van der Waals surface area contributed by atoms with E-state index < -0.39 is 11.6 Å². The van der Waals surface area contributed by atoms with Crippen molar-refractivity contribution >= 4 is 5.96 Å². The highest BCUT2D eigenvalue weighted by atomic mass is 19.1. The molecule has 0 saturated carbocycles. The Bertz CT molecular complexity index is 767. The second kappa shape index (κ2) is 8.78. The average molecular weight is 363 g/mol. The second-order valence-corrected chi connectivity index (χ2v) is 6.68. The Morgan fingerprint density at radius 2 is 2.04 bits per heavy atom. The van der Waals surface area contributed by atoms with Crippen molar-refractivity contribution in [2.75, 3.05) is 20.6 Å². The molecular formula is C19H27F2N5. The molecule has 1 N–H and O–H groups in total. The minimum Gasteiger partial charge on any atom is -0.356 e. The lowest BCUT2D eigenvalue weighted by molar-refractivity contribution is 0.473. The number of hydrogen-bond donors (Lipinski definition) is 1. The molecule has 0 radical (unpaired) electrons. The molecule has 0 amide bonds. The Labute approximate surface area is 153 Å². The largest absolute Gasteiger partial charge is 0.356 e. The van der Waals surface area contributed by atoms with Crippen LogP contribution in [-0.4, -0.2) is 41.3 Å². The van der Waals surface area contributed by atoms with Gasteiger partial charge in [-0.05, 0) is 36.1 Å². The van der Waals surface area contributed by atoms with Gasteiger partial charge in [0.1, 0.15) is 11.6 Å². The van der Waals surface area contributed by atoms with E-state index in [2.05, 4.69) is 29.3 Å². The molecule has 0 aliphatic heterocycles. The first-order chi connectivity index (χ1) is 12.3. The standard InChI is InChI=1S/C19H27F2N5/c1-13(2)18-15(12-26(5)24-18)11-25(4)19(22-3)23-9-8-14-10-16(20)6-7-17(14)21/h6-7,10,12-13H,8-9,11H2,1-5H3,(H,22,23). The van der Waals surface area contributed by atoms with Crippen molar-refractivity contribution in [3.8, 4) is 0 Å². The molecule has 142 valence electrons. The van der Waals surface area contributed by atoms with Crippen LogP contribution in [0.5, 0.6) is 0 Å². The fourth-order valence-corrected chi connectivity index (χ4v) is 2.92. The monoisotopic (exact) mass is 363 g/mol. The van der Waals surface area contributed by atoms with Crippen LogP contribution in [0.15, 0.2) is 29.4 Å². The molecule has 0 aliphatic rings. The van der Waals surface area contributed by atoms with Crippen molar-refractivity contribution in [2.24, 2.45) is 12.0 Å². The summed E-state index contributed by atoms with van der Waals surface area (Å²) < 4.78 is 28.8. The maximum Gasteiger partial charge on any atom is 0.193 e. The minimum atomic E-state index is -0.430. The van der Waals surface area contributed by atoms with Gasteiger partial charge in [0.2, 0.25) is 0 Å². The van der Waals surface area contributed by atoms with Gasteiger partial charge in [-0.1, -0.05) is 13.8 Å². The number of nitrogens with one attached hydrogen (secondary N) is 1. The summed E-state index contributed by atoms with van der Waals surface area (Å²) >= 11 is 0. The minimum absolute atomic E-state index is 0.338. The van der Waals surface area contributed by atoms with Crippen LogP contribution in [0.4, 0.5) is 8.78 Å². The smallest absolute Gasteiger partial charge is 0.193 e. The zero-order chi connectivity index (χ0) is 19.3. The molecule has 5 nitrogen and oxygen atoms in total. The molecular weight excluding hydrogens is 336 g/mol. The van der Waals surface area contributed by atoms with E-state index >= 15 is 0 Å². The van der Waals surface area contributed by atoms with Gasteiger partial charge >= 0.3 is 0 Å². The Morgan fingerprint density at radius 1 is 1.31 bits per heavy atom. The predicted molar refractivity (Wildman–Crippen MR) is 100 cm³/mol. The molecule has 7 heteroatoms. The number of hydrogen-bond acceptors (Lipinski definition) is 2. The molecule has 1 aromatic carbocycles. The van der Waals surface area contributed by atoms with E-state index in [1.807, 2.05) is 29.9 Å². The summed E-state index contributed by atoms with van der Waals surface area (Å²) in [5.74, 6) is 0.208. The lowest BCUT2D eigenvalue weighted by Gasteiger charge is -2.22. The van der Waals surface area contributed by atoms with Crippen LogP contribution >= 0.6 is 0 Å². The van der Waals surface area contributed by atoms with E-state index in [9.17, 15) is 8.78 Å². The van der Waals surface area contributed by atoms with Crippen molar-refractivity contribution in [3.05, 3.63) is 52.9 Å². The van der Waals surface area contributed by atoms with Crippen molar-refractivity contribution in [1.29, 1.82) is 0 Å². The number of aliphatic imine (C=N–C) groups is 1. The highest BCUT2D eigenvalue weighted by molar-refractivity contribution is 5.79. The summed E-state index contributed by atoms with van der Waals surface area (Å²) in [6, 6.07) is 3.51. The molecule has 0 bridgehead atoms. The fraction of sp³-hybridized carbons (Fsp3) is 0.474. The number of nitrogens with zero attached hydrogens (tertiary/aromatic N) is 4. The molecule has 0 spiro atoms. The number of aryl methyl sites for hydroxylation is 1.